The third-order valence-corrected chi connectivity index (χ3v) is 2.78. The number of amides is 1. The van der Waals surface area contributed by atoms with Crippen LogP contribution >= 0.6 is 23.2 Å². The summed E-state index contributed by atoms with van der Waals surface area (Å²) < 4.78 is 4.80. The number of rotatable bonds is 4. The van der Waals surface area contributed by atoms with Crippen molar-refractivity contribution in [3.8, 4) is 0 Å². The molecule has 0 aliphatic heterocycles. The van der Waals surface area contributed by atoms with E-state index in [9.17, 15) is 9.59 Å². The molecule has 0 spiro atoms. The lowest BCUT2D eigenvalue weighted by Gasteiger charge is -2.09. The predicted molar refractivity (Wildman–Crippen MR) is 64.9 cm³/mol. The second-order valence-corrected chi connectivity index (χ2v) is 4.27. The van der Waals surface area contributed by atoms with Crippen LogP contribution in [-0.2, 0) is 20.7 Å². The predicted octanol–water partition coefficient (Wildman–Crippen LogP) is 1.95. The Morgan fingerprint density at radius 1 is 1.35 bits per heavy atom. The lowest BCUT2D eigenvalue weighted by atomic mass is 10.1. The van der Waals surface area contributed by atoms with Gasteiger partial charge in [-0.3, -0.25) is 9.59 Å². The van der Waals surface area contributed by atoms with Gasteiger partial charge in [0.15, 0.2) is 6.10 Å². The molecule has 92 valence electrons. The van der Waals surface area contributed by atoms with E-state index < -0.39 is 18.0 Å². The van der Waals surface area contributed by atoms with Crippen molar-refractivity contribution in [2.75, 3.05) is 0 Å². The number of esters is 1. The van der Waals surface area contributed by atoms with Gasteiger partial charge in [0, 0.05) is 0 Å². The van der Waals surface area contributed by atoms with Crippen LogP contribution in [-0.4, -0.2) is 18.0 Å². The van der Waals surface area contributed by atoms with E-state index >= 15 is 0 Å². The van der Waals surface area contributed by atoms with Crippen LogP contribution in [0, 0.1) is 0 Å². The van der Waals surface area contributed by atoms with Crippen molar-refractivity contribution in [3.63, 3.8) is 0 Å². The van der Waals surface area contributed by atoms with Crippen molar-refractivity contribution >= 4 is 35.1 Å². The number of carbonyl (C=O) groups is 2. The van der Waals surface area contributed by atoms with Crippen molar-refractivity contribution in [1.82, 2.24) is 0 Å². The Morgan fingerprint density at radius 2 is 2.00 bits per heavy atom. The van der Waals surface area contributed by atoms with E-state index in [1.165, 1.54) is 6.92 Å². The average molecular weight is 276 g/mol. The van der Waals surface area contributed by atoms with Crippen molar-refractivity contribution in [2.24, 2.45) is 5.73 Å². The van der Waals surface area contributed by atoms with Crippen molar-refractivity contribution in [1.29, 1.82) is 0 Å². The largest absolute Gasteiger partial charge is 0.452 e. The third-order valence-electron chi connectivity index (χ3n) is 2.04. The van der Waals surface area contributed by atoms with Gasteiger partial charge in [-0.1, -0.05) is 29.3 Å². The zero-order valence-corrected chi connectivity index (χ0v) is 10.6. The fraction of sp³-hybridized carbons (Fsp3) is 0.273. The highest BCUT2D eigenvalue weighted by Crippen LogP contribution is 2.22. The molecule has 1 rings (SSSR count). The molecule has 0 aliphatic rings. The first kappa shape index (κ1) is 13.8. The molecule has 1 atom stereocenters. The number of nitrogens with two attached hydrogens (primary N) is 1. The summed E-state index contributed by atoms with van der Waals surface area (Å²) in [6.07, 6.45) is -0.931. The maximum absolute atomic E-state index is 11.4. The zero-order valence-electron chi connectivity index (χ0n) is 9.07. The second-order valence-electron chi connectivity index (χ2n) is 3.46. The van der Waals surface area contributed by atoms with E-state index in [-0.39, 0.29) is 6.42 Å². The van der Waals surface area contributed by atoms with Crippen molar-refractivity contribution in [2.45, 2.75) is 19.4 Å². The van der Waals surface area contributed by atoms with E-state index in [1.807, 2.05) is 0 Å². The van der Waals surface area contributed by atoms with Crippen molar-refractivity contribution < 1.29 is 14.3 Å². The summed E-state index contributed by atoms with van der Waals surface area (Å²) in [5.74, 6) is -1.23. The molecule has 0 unspecified atom stereocenters. The van der Waals surface area contributed by atoms with E-state index in [2.05, 4.69) is 0 Å². The standard InChI is InChI=1S/C11H11Cl2NO3/c1-6(11(14)16)17-10(15)5-7-2-3-8(12)9(13)4-7/h2-4,6H,5H2,1H3,(H2,14,16)/t6-/m1/s1. The highest BCUT2D eigenvalue weighted by molar-refractivity contribution is 6.42. The Kier molecular flexibility index (Phi) is 4.78. The Hall–Kier alpha value is -1.26. The van der Waals surface area contributed by atoms with Gasteiger partial charge in [-0.05, 0) is 24.6 Å². The van der Waals surface area contributed by atoms with Crippen LogP contribution in [0.2, 0.25) is 10.0 Å². The Morgan fingerprint density at radius 3 is 2.53 bits per heavy atom. The molecule has 0 saturated carbocycles. The SMILES string of the molecule is C[C@@H](OC(=O)Cc1ccc(Cl)c(Cl)c1)C(N)=O. The molecule has 1 amide bonds. The van der Waals surface area contributed by atoms with Crippen LogP contribution in [0.1, 0.15) is 12.5 Å². The first-order chi connectivity index (χ1) is 7.90. The Balaban J connectivity index is 2.62. The Bertz CT molecular complexity index is 448. The number of hydrogen-bond acceptors (Lipinski definition) is 3. The van der Waals surface area contributed by atoms with Gasteiger partial charge >= 0.3 is 5.97 Å². The minimum Gasteiger partial charge on any atom is -0.452 e. The molecule has 0 bridgehead atoms. The van der Waals surface area contributed by atoms with E-state index in [0.29, 0.717) is 15.6 Å². The van der Waals surface area contributed by atoms with E-state index in [4.69, 9.17) is 33.7 Å². The number of carbonyl (C=O) groups excluding carboxylic acids is 2. The van der Waals surface area contributed by atoms with Crippen molar-refractivity contribution in [3.05, 3.63) is 33.8 Å². The van der Waals surface area contributed by atoms with Gasteiger partial charge in [0.25, 0.3) is 5.91 Å². The molecule has 0 aromatic heterocycles. The highest BCUT2D eigenvalue weighted by atomic mass is 35.5. The topological polar surface area (TPSA) is 69.4 Å². The lowest BCUT2D eigenvalue weighted by Crippen LogP contribution is -2.30. The van der Waals surface area contributed by atoms with E-state index in [0.717, 1.165) is 0 Å². The molecular formula is C11H11Cl2NO3. The summed E-state index contributed by atoms with van der Waals surface area (Å²) >= 11 is 11.5. The zero-order chi connectivity index (χ0) is 13.0. The van der Waals surface area contributed by atoms with Crippen LogP contribution in [0.25, 0.3) is 0 Å². The lowest BCUT2D eigenvalue weighted by molar-refractivity contribution is -0.153. The minimum absolute atomic E-state index is 0.00844. The summed E-state index contributed by atoms with van der Waals surface area (Å²) in [7, 11) is 0. The number of hydrogen-bond donors (Lipinski definition) is 1. The minimum atomic E-state index is -0.940. The number of ether oxygens (including phenoxy) is 1. The molecule has 0 radical (unpaired) electrons. The normalized spacial score (nSPS) is 11.9. The molecule has 4 nitrogen and oxygen atoms in total. The summed E-state index contributed by atoms with van der Waals surface area (Å²) in [6.45, 7) is 1.41. The van der Waals surface area contributed by atoms with Gasteiger partial charge in [-0.25, -0.2) is 0 Å². The quantitative estimate of drug-likeness (QED) is 0.854. The number of primary amides is 1. The maximum atomic E-state index is 11.4. The molecule has 0 saturated heterocycles. The molecule has 1 aromatic carbocycles. The van der Waals surface area contributed by atoms with Gasteiger partial charge in [0.1, 0.15) is 0 Å². The first-order valence-electron chi connectivity index (χ1n) is 4.83. The van der Waals surface area contributed by atoms with Gasteiger partial charge in [0.2, 0.25) is 0 Å². The molecule has 6 heteroatoms. The number of halogens is 2. The molecule has 0 fully saturated rings. The summed E-state index contributed by atoms with van der Waals surface area (Å²) in [5.41, 5.74) is 5.62. The highest BCUT2D eigenvalue weighted by Gasteiger charge is 2.15. The maximum Gasteiger partial charge on any atom is 0.311 e. The number of benzene rings is 1. The monoisotopic (exact) mass is 275 g/mol. The van der Waals surface area contributed by atoms with Gasteiger partial charge in [0.05, 0.1) is 16.5 Å². The molecule has 0 heterocycles. The average Bonchev–Trinajstić information content (AvgIpc) is 2.23. The van der Waals surface area contributed by atoms with Crippen LogP contribution in [0.15, 0.2) is 18.2 Å². The first-order valence-corrected chi connectivity index (χ1v) is 5.58. The van der Waals surface area contributed by atoms with Crippen LogP contribution in [0.5, 0.6) is 0 Å². The summed E-state index contributed by atoms with van der Waals surface area (Å²) in [5, 5.41) is 0.772. The molecule has 1 aromatic rings. The third kappa shape index (κ3) is 4.24. The fourth-order valence-electron chi connectivity index (χ4n) is 1.11. The summed E-state index contributed by atoms with van der Waals surface area (Å²) in [4.78, 5) is 22.1. The van der Waals surface area contributed by atoms with Crippen LogP contribution < -0.4 is 5.73 Å². The van der Waals surface area contributed by atoms with Gasteiger partial charge in [-0.2, -0.15) is 0 Å². The Labute approximate surface area is 109 Å². The second kappa shape index (κ2) is 5.89. The fourth-order valence-corrected chi connectivity index (χ4v) is 1.43. The summed E-state index contributed by atoms with van der Waals surface area (Å²) in [6, 6.07) is 4.81. The molecule has 17 heavy (non-hydrogen) atoms. The smallest absolute Gasteiger partial charge is 0.311 e. The molecule has 2 N–H and O–H groups in total. The van der Waals surface area contributed by atoms with Crippen LogP contribution in [0.3, 0.4) is 0 Å². The van der Waals surface area contributed by atoms with Gasteiger partial charge in [-0.15, -0.1) is 0 Å². The van der Waals surface area contributed by atoms with Gasteiger partial charge < -0.3 is 10.5 Å². The molecule has 0 aliphatic carbocycles. The molecular weight excluding hydrogens is 265 g/mol. The van der Waals surface area contributed by atoms with E-state index in [1.54, 1.807) is 18.2 Å². The van der Waals surface area contributed by atoms with Crippen LogP contribution in [0.4, 0.5) is 0 Å².